The van der Waals surface area contributed by atoms with Crippen LogP contribution in [0.25, 0.3) is 0 Å². The Labute approximate surface area is 88.1 Å². The lowest BCUT2D eigenvalue weighted by Crippen LogP contribution is -2.32. The zero-order chi connectivity index (χ0) is 11.1. The van der Waals surface area contributed by atoms with Gasteiger partial charge in [-0.25, -0.2) is 0 Å². The van der Waals surface area contributed by atoms with E-state index in [1.807, 2.05) is 6.92 Å². The SMILES string of the molecule is CC(CNCCC(C)S(C)=O)C(N)=O. The van der Waals surface area contributed by atoms with E-state index in [1.165, 1.54) is 0 Å². The molecule has 0 aliphatic carbocycles. The molecule has 0 aliphatic heterocycles. The van der Waals surface area contributed by atoms with Gasteiger partial charge in [-0.2, -0.15) is 0 Å². The first-order chi connectivity index (χ1) is 6.45. The molecule has 0 saturated heterocycles. The van der Waals surface area contributed by atoms with E-state index in [0.29, 0.717) is 6.54 Å². The highest BCUT2D eigenvalue weighted by atomic mass is 32.2. The third-order valence-electron chi connectivity index (χ3n) is 2.23. The smallest absolute Gasteiger partial charge is 0.221 e. The van der Waals surface area contributed by atoms with Crippen molar-refractivity contribution in [3.8, 4) is 0 Å². The normalized spacial score (nSPS) is 17.4. The first-order valence-corrected chi connectivity index (χ1v) is 6.39. The fourth-order valence-corrected chi connectivity index (χ4v) is 1.34. The molecule has 0 fully saturated rings. The van der Waals surface area contributed by atoms with Gasteiger partial charge in [0.25, 0.3) is 0 Å². The van der Waals surface area contributed by atoms with Crippen LogP contribution in [0.4, 0.5) is 0 Å². The number of primary amides is 1. The summed E-state index contributed by atoms with van der Waals surface area (Å²) in [6, 6.07) is 0. The lowest BCUT2D eigenvalue weighted by atomic mass is 10.2. The second-order valence-electron chi connectivity index (χ2n) is 3.61. The van der Waals surface area contributed by atoms with Gasteiger partial charge < -0.3 is 11.1 Å². The standard InChI is InChI=1S/C9H20N2O2S/c1-7(9(10)12)6-11-5-4-8(2)14(3)13/h7-8,11H,4-6H2,1-3H3,(H2,10,12). The predicted molar refractivity (Wildman–Crippen MR) is 59.4 cm³/mol. The molecule has 0 radical (unpaired) electrons. The van der Waals surface area contributed by atoms with Crippen LogP contribution in [-0.4, -0.2) is 34.7 Å². The third kappa shape index (κ3) is 6.10. The summed E-state index contributed by atoms with van der Waals surface area (Å²) in [5, 5.41) is 3.32. The van der Waals surface area contributed by atoms with Crippen LogP contribution in [0.5, 0.6) is 0 Å². The Balaban J connectivity index is 3.47. The second kappa shape index (κ2) is 6.95. The minimum absolute atomic E-state index is 0.141. The fourth-order valence-electron chi connectivity index (χ4n) is 0.890. The van der Waals surface area contributed by atoms with Gasteiger partial charge in [0, 0.05) is 34.8 Å². The van der Waals surface area contributed by atoms with E-state index in [-0.39, 0.29) is 17.1 Å². The fraction of sp³-hybridized carbons (Fsp3) is 0.889. The van der Waals surface area contributed by atoms with Crippen molar-refractivity contribution in [3.63, 3.8) is 0 Å². The van der Waals surface area contributed by atoms with Gasteiger partial charge in [0.2, 0.25) is 5.91 Å². The van der Waals surface area contributed by atoms with Gasteiger partial charge >= 0.3 is 0 Å². The summed E-state index contributed by atoms with van der Waals surface area (Å²) in [5.41, 5.74) is 5.10. The first kappa shape index (κ1) is 13.6. The van der Waals surface area contributed by atoms with Crippen molar-refractivity contribution in [2.45, 2.75) is 25.5 Å². The molecule has 3 unspecified atom stereocenters. The number of carbonyl (C=O) groups is 1. The van der Waals surface area contributed by atoms with Crippen molar-refractivity contribution < 1.29 is 9.00 Å². The van der Waals surface area contributed by atoms with Gasteiger partial charge in [-0.05, 0) is 13.0 Å². The maximum atomic E-state index is 11.0. The van der Waals surface area contributed by atoms with Crippen LogP contribution < -0.4 is 11.1 Å². The molecule has 0 heterocycles. The number of rotatable bonds is 7. The van der Waals surface area contributed by atoms with Gasteiger partial charge in [-0.3, -0.25) is 9.00 Å². The minimum Gasteiger partial charge on any atom is -0.369 e. The molecule has 5 heteroatoms. The Morgan fingerprint density at radius 3 is 2.50 bits per heavy atom. The van der Waals surface area contributed by atoms with Gasteiger partial charge in [0.1, 0.15) is 0 Å². The molecular formula is C9H20N2O2S. The monoisotopic (exact) mass is 220 g/mol. The van der Waals surface area contributed by atoms with Crippen molar-refractivity contribution in [3.05, 3.63) is 0 Å². The number of hydrogen-bond acceptors (Lipinski definition) is 3. The van der Waals surface area contributed by atoms with Crippen LogP contribution in [0.2, 0.25) is 0 Å². The minimum atomic E-state index is -0.765. The predicted octanol–water partition coefficient (Wildman–Crippen LogP) is -0.145. The summed E-state index contributed by atoms with van der Waals surface area (Å²) >= 11 is 0. The van der Waals surface area contributed by atoms with Crippen molar-refractivity contribution in [1.29, 1.82) is 0 Å². The average Bonchev–Trinajstić information content (AvgIpc) is 2.11. The lowest BCUT2D eigenvalue weighted by molar-refractivity contribution is -0.121. The van der Waals surface area contributed by atoms with Crippen LogP contribution >= 0.6 is 0 Å². The van der Waals surface area contributed by atoms with Gasteiger partial charge in [0.15, 0.2) is 0 Å². The van der Waals surface area contributed by atoms with Crippen molar-refractivity contribution >= 4 is 16.7 Å². The molecule has 14 heavy (non-hydrogen) atoms. The molecule has 0 aliphatic rings. The number of hydrogen-bond donors (Lipinski definition) is 2. The van der Waals surface area contributed by atoms with E-state index in [0.717, 1.165) is 13.0 Å². The van der Waals surface area contributed by atoms with Crippen LogP contribution in [0, 0.1) is 5.92 Å². The Kier molecular flexibility index (Phi) is 6.74. The summed E-state index contributed by atoms with van der Waals surface area (Å²) in [7, 11) is -0.765. The molecule has 4 nitrogen and oxygen atoms in total. The molecule has 3 atom stereocenters. The van der Waals surface area contributed by atoms with Crippen molar-refractivity contribution in [2.75, 3.05) is 19.3 Å². The number of nitrogens with two attached hydrogens (primary N) is 1. The molecule has 0 bridgehead atoms. The third-order valence-corrected chi connectivity index (χ3v) is 3.60. The second-order valence-corrected chi connectivity index (χ2v) is 5.41. The Morgan fingerprint density at radius 2 is 2.07 bits per heavy atom. The van der Waals surface area contributed by atoms with E-state index >= 15 is 0 Å². The topological polar surface area (TPSA) is 72.2 Å². The maximum absolute atomic E-state index is 11.0. The molecule has 0 aromatic carbocycles. The van der Waals surface area contributed by atoms with Gasteiger partial charge in [0.05, 0.1) is 0 Å². The van der Waals surface area contributed by atoms with E-state index in [1.54, 1.807) is 13.2 Å². The molecule has 0 spiro atoms. The lowest BCUT2D eigenvalue weighted by Gasteiger charge is -2.11. The number of amides is 1. The zero-order valence-corrected chi connectivity index (χ0v) is 9.89. The number of carbonyl (C=O) groups excluding carboxylic acids is 1. The van der Waals surface area contributed by atoms with E-state index in [4.69, 9.17) is 5.73 Å². The highest BCUT2D eigenvalue weighted by Gasteiger charge is 2.08. The highest BCUT2D eigenvalue weighted by Crippen LogP contribution is 1.97. The quantitative estimate of drug-likeness (QED) is 0.586. The molecule has 0 rings (SSSR count). The molecular weight excluding hydrogens is 200 g/mol. The molecule has 0 saturated carbocycles. The maximum Gasteiger partial charge on any atom is 0.221 e. The largest absolute Gasteiger partial charge is 0.369 e. The van der Waals surface area contributed by atoms with Crippen molar-refractivity contribution in [2.24, 2.45) is 11.7 Å². The molecule has 3 N–H and O–H groups in total. The number of nitrogens with one attached hydrogen (secondary N) is 1. The van der Waals surface area contributed by atoms with Gasteiger partial charge in [-0.1, -0.05) is 13.8 Å². The summed E-state index contributed by atoms with van der Waals surface area (Å²) in [5.74, 6) is -0.429. The molecule has 0 aromatic rings. The van der Waals surface area contributed by atoms with Crippen molar-refractivity contribution in [1.82, 2.24) is 5.32 Å². The molecule has 84 valence electrons. The Bertz CT molecular complexity index is 187. The molecule has 1 amide bonds. The van der Waals surface area contributed by atoms with E-state index in [9.17, 15) is 9.00 Å². The summed E-state index contributed by atoms with van der Waals surface area (Å²) in [6.07, 6.45) is 2.56. The summed E-state index contributed by atoms with van der Waals surface area (Å²) < 4.78 is 11.0. The van der Waals surface area contributed by atoms with Crippen LogP contribution in [-0.2, 0) is 15.6 Å². The van der Waals surface area contributed by atoms with Gasteiger partial charge in [-0.15, -0.1) is 0 Å². The Hall–Kier alpha value is -0.420. The van der Waals surface area contributed by atoms with E-state index in [2.05, 4.69) is 5.32 Å². The average molecular weight is 220 g/mol. The highest BCUT2D eigenvalue weighted by molar-refractivity contribution is 7.84. The summed E-state index contributed by atoms with van der Waals surface area (Å²) in [4.78, 5) is 10.7. The van der Waals surface area contributed by atoms with Crippen LogP contribution in [0.1, 0.15) is 20.3 Å². The van der Waals surface area contributed by atoms with Crippen LogP contribution in [0.15, 0.2) is 0 Å². The Morgan fingerprint density at radius 1 is 1.50 bits per heavy atom. The zero-order valence-electron chi connectivity index (χ0n) is 9.08. The van der Waals surface area contributed by atoms with Crippen LogP contribution in [0.3, 0.4) is 0 Å². The summed E-state index contributed by atoms with van der Waals surface area (Å²) in [6.45, 7) is 5.11. The van der Waals surface area contributed by atoms with E-state index < -0.39 is 10.8 Å². The molecule has 0 aromatic heterocycles. The first-order valence-electron chi connectivity index (χ1n) is 4.77.